The number of carbonyl (C=O) groups is 1. The third-order valence-electron chi connectivity index (χ3n) is 3.73. The van der Waals surface area contributed by atoms with Crippen LogP contribution < -0.4 is 5.32 Å². The molecule has 1 saturated carbocycles. The van der Waals surface area contributed by atoms with Crippen LogP contribution in [0.2, 0.25) is 0 Å². The number of alkyl halides is 3. The zero-order valence-electron chi connectivity index (χ0n) is 11.7. The second kappa shape index (κ2) is 6.37. The van der Waals surface area contributed by atoms with Crippen LogP contribution in [0.5, 0.6) is 0 Å². The Morgan fingerprint density at radius 3 is 2.67 bits per heavy atom. The van der Waals surface area contributed by atoms with E-state index in [0.717, 1.165) is 37.8 Å². The molecular formula is C15H18F3NO2. The molecule has 0 bridgehead atoms. The van der Waals surface area contributed by atoms with E-state index in [1.807, 2.05) is 6.92 Å². The van der Waals surface area contributed by atoms with E-state index in [4.69, 9.17) is 4.74 Å². The Labute approximate surface area is 121 Å². The van der Waals surface area contributed by atoms with Gasteiger partial charge in [0, 0.05) is 5.69 Å². The van der Waals surface area contributed by atoms with Gasteiger partial charge in [0.1, 0.15) is 6.10 Å². The minimum Gasteiger partial charge on any atom is -0.446 e. The third kappa shape index (κ3) is 4.37. The second-order valence-electron chi connectivity index (χ2n) is 5.41. The van der Waals surface area contributed by atoms with E-state index < -0.39 is 17.8 Å². The van der Waals surface area contributed by atoms with Crippen molar-refractivity contribution >= 4 is 11.8 Å². The Kier molecular flexibility index (Phi) is 4.75. The monoisotopic (exact) mass is 301 g/mol. The van der Waals surface area contributed by atoms with Gasteiger partial charge in [-0.3, -0.25) is 5.32 Å². The highest BCUT2D eigenvalue weighted by molar-refractivity contribution is 5.84. The number of hydrogen-bond acceptors (Lipinski definition) is 2. The summed E-state index contributed by atoms with van der Waals surface area (Å²) in [6.07, 6.45) is -1.36. The Hall–Kier alpha value is -1.72. The maximum atomic E-state index is 12.6. The fourth-order valence-corrected chi connectivity index (χ4v) is 2.52. The lowest BCUT2D eigenvalue weighted by molar-refractivity contribution is -0.137. The molecule has 0 unspecified atom stereocenters. The number of halogens is 3. The Bertz CT molecular complexity index is 502. The van der Waals surface area contributed by atoms with Crippen molar-refractivity contribution in [2.75, 3.05) is 5.32 Å². The summed E-state index contributed by atoms with van der Waals surface area (Å²) in [6.45, 7) is 2.02. The number of ether oxygens (including phenoxy) is 1. The molecule has 1 aromatic carbocycles. The van der Waals surface area contributed by atoms with E-state index in [1.54, 1.807) is 0 Å². The smallest absolute Gasteiger partial charge is 0.416 e. The molecule has 0 spiro atoms. The van der Waals surface area contributed by atoms with E-state index in [1.165, 1.54) is 12.1 Å². The SMILES string of the molecule is C[C@@H]1CCCC[C@H]1OC(=O)Nc1cccc(C(F)(F)F)c1. The lowest BCUT2D eigenvalue weighted by Crippen LogP contribution is -2.30. The van der Waals surface area contributed by atoms with Gasteiger partial charge in [-0.25, -0.2) is 4.79 Å². The quantitative estimate of drug-likeness (QED) is 0.849. The van der Waals surface area contributed by atoms with Gasteiger partial charge < -0.3 is 4.74 Å². The van der Waals surface area contributed by atoms with Crippen molar-refractivity contribution in [1.82, 2.24) is 0 Å². The molecule has 21 heavy (non-hydrogen) atoms. The molecule has 0 saturated heterocycles. The summed E-state index contributed by atoms with van der Waals surface area (Å²) in [5.41, 5.74) is -0.718. The van der Waals surface area contributed by atoms with E-state index in [0.29, 0.717) is 0 Å². The number of amides is 1. The number of carbonyl (C=O) groups excluding carboxylic acids is 1. The minimum absolute atomic E-state index is 0.0817. The van der Waals surface area contributed by atoms with E-state index in [9.17, 15) is 18.0 Å². The second-order valence-corrected chi connectivity index (χ2v) is 5.41. The van der Waals surface area contributed by atoms with Crippen molar-refractivity contribution in [2.24, 2.45) is 5.92 Å². The van der Waals surface area contributed by atoms with E-state index in [-0.39, 0.29) is 17.7 Å². The number of anilines is 1. The standard InChI is InChI=1S/C15H18F3NO2/c1-10-5-2-3-8-13(10)21-14(20)19-12-7-4-6-11(9-12)15(16,17)18/h4,6-7,9-10,13H,2-3,5,8H2,1H3,(H,19,20)/t10-,13-/m1/s1. The largest absolute Gasteiger partial charge is 0.446 e. The van der Waals surface area contributed by atoms with Gasteiger partial charge in [0.05, 0.1) is 5.56 Å². The summed E-state index contributed by atoms with van der Waals surface area (Å²) in [5.74, 6) is 0.283. The average molecular weight is 301 g/mol. The summed E-state index contributed by atoms with van der Waals surface area (Å²) in [5, 5.41) is 2.36. The molecule has 1 aliphatic rings. The maximum absolute atomic E-state index is 12.6. The van der Waals surface area contributed by atoms with E-state index >= 15 is 0 Å². The molecule has 6 heteroatoms. The average Bonchev–Trinajstić information content (AvgIpc) is 2.41. The molecule has 2 atom stereocenters. The van der Waals surface area contributed by atoms with Gasteiger partial charge in [0.2, 0.25) is 0 Å². The molecule has 0 radical (unpaired) electrons. The highest BCUT2D eigenvalue weighted by atomic mass is 19.4. The Morgan fingerprint density at radius 2 is 2.00 bits per heavy atom. The molecule has 2 rings (SSSR count). The Balaban J connectivity index is 1.96. The zero-order valence-corrected chi connectivity index (χ0v) is 11.7. The third-order valence-corrected chi connectivity index (χ3v) is 3.73. The van der Waals surface area contributed by atoms with Crippen LogP contribution in [-0.4, -0.2) is 12.2 Å². The normalized spacial score (nSPS) is 22.7. The van der Waals surface area contributed by atoms with Crippen molar-refractivity contribution in [3.8, 4) is 0 Å². The summed E-state index contributed by atoms with van der Waals surface area (Å²) in [4.78, 5) is 11.8. The zero-order chi connectivity index (χ0) is 15.5. The van der Waals surface area contributed by atoms with Gasteiger partial charge >= 0.3 is 12.3 Å². The Morgan fingerprint density at radius 1 is 1.29 bits per heavy atom. The first kappa shape index (κ1) is 15.7. The highest BCUT2D eigenvalue weighted by Crippen LogP contribution is 2.31. The first-order valence-corrected chi connectivity index (χ1v) is 7.01. The minimum atomic E-state index is -4.43. The van der Waals surface area contributed by atoms with Crippen LogP contribution in [0.3, 0.4) is 0 Å². The molecule has 0 heterocycles. The van der Waals surface area contributed by atoms with Crippen LogP contribution in [0, 0.1) is 5.92 Å². The molecule has 1 amide bonds. The van der Waals surface area contributed by atoms with Crippen molar-refractivity contribution in [3.05, 3.63) is 29.8 Å². The molecule has 1 aliphatic carbocycles. The van der Waals surface area contributed by atoms with Crippen molar-refractivity contribution in [3.63, 3.8) is 0 Å². The van der Waals surface area contributed by atoms with Gasteiger partial charge in [-0.15, -0.1) is 0 Å². The van der Waals surface area contributed by atoms with Crippen LogP contribution in [0.25, 0.3) is 0 Å². The predicted octanol–water partition coefficient (Wildman–Crippen LogP) is 4.83. The fraction of sp³-hybridized carbons (Fsp3) is 0.533. The molecule has 0 aromatic heterocycles. The van der Waals surface area contributed by atoms with Crippen LogP contribution in [-0.2, 0) is 10.9 Å². The van der Waals surface area contributed by atoms with Gasteiger partial charge in [0.15, 0.2) is 0 Å². The fourth-order valence-electron chi connectivity index (χ4n) is 2.52. The van der Waals surface area contributed by atoms with Crippen LogP contribution in [0.1, 0.15) is 38.2 Å². The lowest BCUT2D eigenvalue weighted by atomic mass is 9.88. The molecular weight excluding hydrogens is 283 g/mol. The summed E-state index contributed by atoms with van der Waals surface area (Å²) in [6, 6.07) is 4.51. The first-order chi connectivity index (χ1) is 9.86. The number of hydrogen-bond donors (Lipinski definition) is 1. The number of benzene rings is 1. The number of nitrogens with one attached hydrogen (secondary N) is 1. The molecule has 1 fully saturated rings. The van der Waals surface area contributed by atoms with E-state index in [2.05, 4.69) is 5.32 Å². The highest BCUT2D eigenvalue weighted by Gasteiger charge is 2.30. The van der Waals surface area contributed by atoms with Gasteiger partial charge in [0.25, 0.3) is 0 Å². The summed E-state index contributed by atoms with van der Waals surface area (Å²) in [7, 11) is 0. The maximum Gasteiger partial charge on any atom is 0.416 e. The van der Waals surface area contributed by atoms with Crippen molar-refractivity contribution in [2.45, 2.75) is 44.9 Å². The number of rotatable bonds is 2. The molecule has 0 aliphatic heterocycles. The lowest BCUT2D eigenvalue weighted by Gasteiger charge is -2.28. The predicted molar refractivity (Wildman–Crippen MR) is 73.0 cm³/mol. The van der Waals surface area contributed by atoms with Gasteiger partial charge in [-0.1, -0.05) is 19.4 Å². The van der Waals surface area contributed by atoms with Crippen molar-refractivity contribution in [1.29, 1.82) is 0 Å². The van der Waals surface area contributed by atoms with Gasteiger partial charge in [-0.05, 0) is 43.4 Å². The molecule has 116 valence electrons. The molecule has 1 N–H and O–H groups in total. The van der Waals surface area contributed by atoms with Crippen molar-refractivity contribution < 1.29 is 22.7 Å². The van der Waals surface area contributed by atoms with Crippen LogP contribution in [0.4, 0.5) is 23.7 Å². The first-order valence-electron chi connectivity index (χ1n) is 7.01. The van der Waals surface area contributed by atoms with Crippen LogP contribution in [0.15, 0.2) is 24.3 Å². The van der Waals surface area contributed by atoms with Crippen LogP contribution >= 0.6 is 0 Å². The summed E-state index contributed by atoms with van der Waals surface area (Å²) < 4.78 is 43.1. The summed E-state index contributed by atoms with van der Waals surface area (Å²) >= 11 is 0. The topological polar surface area (TPSA) is 38.3 Å². The molecule has 3 nitrogen and oxygen atoms in total. The van der Waals surface area contributed by atoms with Gasteiger partial charge in [-0.2, -0.15) is 13.2 Å². The molecule has 1 aromatic rings.